The van der Waals surface area contributed by atoms with Crippen LogP contribution in [0.25, 0.3) is 22.4 Å². The zero-order valence-corrected chi connectivity index (χ0v) is 14.6. The Labute approximate surface area is 151 Å². The monoisotopic (exact) mass is 373 g/mol. The molecule has 2 aromatic carbocycles. The van der Waals surface area contributed by atoms with Gasteiger partial charge in [0.1, 0.15) is 16.7 Å². The summed E-state index contributed by atoms with van der Waals surface area (Å²) in [6.45, 7) is -0.355. The number of nitrogens with zero attached hydrogens (tertiary/aromatic N) is 2. The van der Waals surface area contributed by atoms with Crippen molar-refractivity contribution in [2.45, 2.75) is 11.5 Å². The second-order valence-electron chi connectivity index (χ2n) is 5.19. The van der Waals surface area contributed by atoms with Crippen molar-refractivity contribution in [2.75, 3.05) is 7.05 Å². The van der Waals surface area contributed by atoms with Crippen LogP contribution in [0.1, 0.15) is 5.76 Å². The normalized spacial score (nSPS) is 11.9. The van der Waals surface area contributed by atoms with Crippen molar-refractivity contribution in [3.05, 3.63) is 70.5 Å². The molecule has 0 amide bonds. The summed E-state index contributed by atoms with van der Waals surface area (Å²) >= 11 is 0. The van der Waals surface area contributed by atoms with Crippen LogP contribution in [-0.4, -0.2) is 21.5 Å². The van der Waals surface area contributed by atoms with Crippen molar-refractivity contribution < 1.29 is 18.7 Å². The summed E-state index contributed by atoms with van der Waals surface area (Å²) in [6, 6.07) is 16.3. The van der Waals surface area contributed by atoms with Crippen LogP contribution in [0.4, 0.5) is 0 Å². The summed E-state index contributed by atoms with van der Waals surface area (Å²) in [7, 11) is 0.297. The molecule has 0 spiro atoms. The lowest BCUT2D eigenvalue weighted by Crippen LogP contribution is -2.10. The van der Waals surface area contributed by atoms with Crippen LogP contribution in [0.5, 0.6) is 0 Å². The molecule has 1 heterocycles. The van der Waals surface area contributed by atoms with Gasteiger partial charge in [-0.25, -0.2) is 8.93 Å². The largest absolute Gasteiger partial charge is 0.358 e. The second kappa shape index (κ2) is 7.89. The molecule has 0 saturated carbocycles. The van der Waals surface area contributed by atoms with E-state index in [0.29, 0.717) is 16.2 Å². The van der Waals surface area contributed by atoms with Crippen molar-refractivity contribution >= 4 is 11.0 Å². The molecule has 1 aromatic heterocycles. The van der Waals surface area contributed by atoms with Gasteiger partial charge in [0, 0.05) is 5.56 Å². The van der Waals surface area contributed by atoms with E-state index in [1.807, 2.05) is 30.3 Å². The molecule has 0 fully saturated rings. The Balaban J connectivity index is 2.06. The zero-order valence-electron chi connectivity index (χ0n) is 13.7. The van der Waals surface area contributed by atoms with Crippen LogP contribution < -0.4 is 4.72 Å². The molecule has 8 nitrogen and oxygen atoms in total. The van der Waals surface area contributed by atoms with Gasteiger partial charge in [0.15, 0.2) is 12.4 Å². The van der Waals surface area contributed by atoms with Gasteiger partial charge >= 0.3 is 0 Å². The fourth-order valence-electron chi connectivity index (χ4n) is 2.49. The highest BCUT2D eigenvalue weighted by atomic mass is 32.2. The third kappa shape index (κ3) is 3.79. The molecule has 1 N–H and O–H groups in total. The molecule has 3 rings (SSSR count). The van der Waals surface area contributed by atoms with Gasteiger partial charge in [-0.05, 0) is 24.7 Å². The standard InChI is InChI=1S/C17H15N3O5S/c1-18-26(23)14-9-7-12(8-10-14)16-15(11-24-20(21)22)25-19-17(16)13-5-3-2-4-6-13/h2-10,18H,11H2,1H3. The Morgan fingerprint density at radius 1 is 1.15 bits per heavy atom. The molecule has 0 aliphatic heterocycles. The van der Waals surface area contributed by atoms with Gasteiger partial charge in [0.25, 0.3) is 5.09 Å². The lowest BCUT2D eigenvalue weighted by Gasteiger charge is -2.06. The van der Waals surface area contributed by atoms with E-state index in [2.05, 4.69) is 14.7 Å². The van der Waals surface area contributed by atoms with Crippen molar-refractivity contribution in [1.29, 1.82) is 0 Å². The molecular formula is C17H15N3O5S. The van der Waals surface area contributed by atoms with Crippen molar-refractivity contribution in [3.63, 3.8) is 0 Å². The Morgan fingerprint density at radius 2 is 1.85 bits per heavy atom. The number of rotatable bonds is 7. The average molecular weight is 373 g/mol. The Bertz CT molecular complexity index is 925. The highest BCUT2D eigenvalue weighted by molar-refractivity contribution is 7.83. The molecular weight excluding hydrogens is 358 g/mol. The maximum atomic E-state index is 11.8. The molecule has 0 aliphatic rings. The third-order valence-corrected chi connectivity index (χ3v) is 4.72. The summed E-state index contributed by atoms with van der Waals surface area (Å²) < 4.78 is 19.8. The second-order valence-corrected chi connectivity index (χ2v) is 6.61. The Morgan fingerprint density at radius 3 is 2.46 bits per heavy atom. The number of hydrogen-bond acceptors (Lipinski definition) is 6. The topological polar surface area (TPSA) is 108 Å². The van der Waals surface area contributed by atoms with E-state index in [1.54, 1.807) is 31.3 Å². The van der Waals surface area contributed by atoms with Crippen LogP contribution in [-0.2, 0) is 22.4 Å². The van der Waals surface area contributed by atoms with Crippen LogP contribution in [0, 0.1) is 10.1 Å². The first-order valence-corrected chi connectivity index (χ1v) is 8.76. The summed E-state index contributed by atoms with van der Waals surface area (Å²) in [4.78, 5) is 15.6. The number of aromatic nitrogens is 1. The van der Waals surface area contributed by atoms with Gasteiger partial charge in [-0.3, -0.25) is 0 Å². The van der Waals surface area contributed by atoms with E-state index in [1.165, 1.54) is 0 Å². The fourth-order valence-corrected chi connectivity index (χ4v) is 3.11. The quantitative estimate of drug-likeness (QED) is 0.504. The average Bonchev–Trinajstić information content (AvgIpc) is 3.10. The van der Waals surface area contributed by atoms with Gasteiger partial charge in [0.05, 0.1) is 10.5 Å². The van der Waals surface area contributed by atoms with Gasteiger partial charge in [0.2, 0.25) is 0 Å². The molecule has 3 aromatic rings. The minimum absolute atomic E-state index is 0.239. The molecule has 0 saturated heterocycles. The van der Waals surface area contributed by atoms with Crippen LogP contribution >= 0.6 is 0 Å². The van der Waals surface area contributed by atoms with Crippen LogP contribution in [0.2, 0.25) is 0 Å². The van der Waals surface area contributed by atoms with Gasteiger partial charge < -0.3 is 9.36 Å². The summed E-state index contributed by atoms with van der Waals surface area (Å²) in [5, 5.41) is 13.7. The number of benzene rings is 2. The Hall–Kier alpha value is -3.04. The number of hydrogen-bond donors (Lipinski definition) is 1. The minimum atomic E-state index is -1.30. The molecule has 1 unspecified atom stereocenters. The molecule has 134 valence electrons. The molecule has 0 aliphatic carbocycles. The van der Waals surface area contributed by atoms with Crippen LogP contribution in [0.3, 0.4) is 0 Å². The van der Waals surface area contributed by atoms with E-state index >= 15 is 0 Å². The van der Waals surface area contributed by atoms with E-state index in [0.717, 1.165) is 11.1 Å². The van der Waals surface area contributed by atoms with Gasteiger partial charge in [-0.2, -0.15) is 0 Å². The minimum Gasteiger partial charge on any atom is -0.358 e. The van der Waals surface area contributed by atoms with E-state index in [9.17, 15) is 14.3 Å². The maximum absolute atomic E-state index is 11.8. The van der Waals surface area contributed by atoms with Crippen molar-refractivity contribution in [1.82, 2.24) is 9.88 Å². The fraction of sp³-hybridized carbons (Fsp3) is 0.118. The van der Waals surface area contributed by atoms with E-state index < -0.39 is 16.1 Å². The highest BCUT2D eigenvalue weighted by Gasteiger charge is 2.20. The van der Waals surface area contributed by atoms with Crippen molar-refractivity contribution in [2.24, 2.45) is 0 Å². The highest BCUT2D eigenvalue weighted by Crippen LogP contribution is 2.35. The lowest BCUT2D eigenvalue weighted by molar-refractivity contribution is -0.763. The maximum Gasteiger partial charge on any atom is 0.294 e. The molecule has 9 heteroatoms. The smallest absolute Gasteiger partial charge is 0.294 e. The number of nitrogens with one attached hydrogen (secondary N) is 1. The molecule has 0 radical (unpaired) electrons. The van der Waals surface area contributed by atoms with Crippen LogP contribution in [0.15, 0.2) is 64.0 Å². The predicted octanol–water partition coefficient (Wildman–Crippen LogP) is 2.96. The predicted molar refractivity (Wildman–Crippen MR) is 94.6 cm³/mol. The molecule has 26 heavy (non-hydrogen) atoms. The molecule has 0 bridgehead atoms. The summed E-state index contributed by atoms with van der Waals surface area (Å²) in [5.74, 6) is 0.239. The zero-order chi connectivity index (χ0) is 18.5. The lowest BCUT2D eigenvalue weighted by atomic mass is 9.99. The van der Waals surface area contributed by atoms with E-state index in [-0.39, 0.29) is 12.4 Å². The van der Waals surface area contributed by atoms with Gasteiger partial charge in [-0.1, -0.05) is 47.6 Å². The van der Waals surface area contributed by atoms with Crippen molar-refractivity contribution in [3.8, 4) is 22.4 Å². The summed E-state index contributed by atoms with van der Waals surface area (Å²) in [6.07, 6.45) is 0. The Kier molecular flexibility index (Phi) is 5.40. The first kappa shape index (κ1) is 17.8. The SMILES string of the molecule is CNS(=O)c1ccc(-c2c(-c3ccccc3)noc2CO[N+](=O)[O-])cc1. The molecule has 1 atom stereocenters. The first-order valence-electron chi connectivity index (χ1n) is 7.61. The first-order chi connectivity index (χ1) is 12.6. The van der Waals surface area contributed by atoms with E-state index in [4.69, 9.17) is 4.52 Å². The van der Waals surface area contributed by atoms with Gasteiger partial charge in [-0.15, -0.1) is 10.1 Å². The summed E-state index contributed by atoms with van der Waals surface area (Å²) in [5.41, 5.74) is 2.68. The third-order valence-electron chi connectivity index (χ3n) is 3.65.